The maximum atomic E-state index is 13.4. The Labute approximate surface area is 584 Å². The van der Waals surface area contributed by atoms with E-state index in [-0.39, 0.29) is 37.0 Å². The highest BCUT2D eigenvalue weighted by Crippen LogP contribution is 2.22. The summed E-state index contributed by atoms with van der Waals surface area (Å²) in [7, 11) is 0. The van der Waals surface area contributed by atoms with Gasteiger partial charge in [-0.1, -0.05) is 484 Å². The third kappa shape index (κ3) is 77.6. The molecule has 1 unspecified atom stereocenters. The van der Waals surface area contributed by atoms with Gasteiger partial charge in [-0.25, -0.2) is 0 Å². The molecule has 0 aliphatic heterocycles. The standard InChI is InChI=1S/C87H170O6/c1-5-8-11-14-17-20-23-26-29-32-35-38-41-43-46-49-52-55-58-61-64-67-70-73-76-79-85(88)91-81-84(93-87(90)83(4)78-75-72-69-66-63-60-57-54-51-48-45-40-37-34-31-28-25-22-19-16-13-10-7-3)82-92-86(89)80-77-74-71-68-65-62-59-56-53-50-47-44-42-39-36-33-30-27-24-21-18-15-12-9-6-2/h83-84H,5-82H2,1-4H3. The Kier molecular flexibility index (Phi) is 79.7. The van der Waals surface area contributed by atoms with Crippen molar-refractivity contribution in [1.82, 2.24) is 0 Å². The minimum absolute atomic E-state index is 0.0665. The zero-order valence-corrected chi connectivity index (χ0v) is 64.3. The lowest BCUT2D eigenvalue weighted by molar-refractivity contribution is -0.169. The maximum Gasteiger partial charge on any atom is 0.309 e. The van der Waals surface area contributed by atoms with Crippen molar-refractivity contribution >= 4 is 17.9 Å². The van der Waals surface area contributed by atoms with Crippen molar-refractivity contribution in [3.63, 3.8) is 0 Å². The Hall–Kier alpha value is -1.59. The average molecular weight is 1310 g/mol. The number of ether oxygens (including phenoxy) is 3. The fraction of sp³-hybridized carbons (Fsp3) is 0.966. The van der Waals surface area contributed by atoms with Crippen LogP contribution in [0.5, 0.6) is 0 Å². The van der Waals surface area contributed by atoms with E-state index in [1.165, 1.54) is 417 Å². The molecule has 0 saturated carbocycles. The van der Waals surface area contributed by atoms with E-state index in [2.05, 4.69) is 20.8 Å². The predicted octanol–water partition coefficient (Wildman–Crippen LogP) is 30.3. The van der Waals surface area contributed by atoms with Gasteiger partial charge in [0.25, 0.3) is 0 Å². The first-order chi connectivity index (χ1) is 45.9. The summed E-state index contributed by atoms with van der Waals surface area (Å²) in [5, 5.41) is 0. The van der Waals surface area contributed by atoms with Crippen molar-refractivity contribution in [2.75, 3.05) is 13.2 Å². The topological polar surface area (TPSA) is 78.9 Å². The highest BCUT2D eigenvalue weighted by atomic mass is 16.6. The molecule has 1 atom stereocenters. The summed E-state index contributed by atoms with van der Waals surface area (Å²) in [6.45, 7) is 8.71. The van der Waals surface area contributed by atoms with Crippen LogP contribution >= 0.6 is 0 Å². The second kappa shape index (κ2) is 81.1. The molecular formula is C87H170O6. The van der Waals surface area contributed by atoms with Crippen molar-refractivity contribution in [2.24, 2.45) is 5.92 Å². The van der Waals surface area contributed by atoms with Crippen molar-refractivity contribution in [3.05, 3.63) is 0 Å². The van der Waals surface area contributed by atoms with Crippen LogP contribution in [0.1, 0.15) is 516 Å². The lowest BCUT2D eigenvalue weighted by atomic mass is 10.0. The molecule has 6 heteroatoms. The van der Waals surface area contributed by atoms with E-state index >= 15 is 0 Å². The molecule has 0 saturated heterocycles. The van der Waals surface area contributed by atoms with E-state index in [0.29, 0.717) is 12.8 Å². The van der Waals surface area contributed by atoms with Crippen LogP contribution in [0.4, 0.5) is 0 Å². The predicted molar refractivity (Wildman–Crippen MR) is 409 cm³/mol. The van der Waals surface area contributed by atoms with Gasteiger partial charge in [0, 0.05) is 12.8 Å². The zero-order chi connectivity index (χ0) is 67.2. The minimum Gasteiger partial charge on any atom is -0.462 e. The van der Waals surface area contributed by atoms with Crippen LogP contribution in [-0.2, 0) is 28.6 Å². The number of unbranched alkanes of at least 4 members (excludes halogenated alkanes) is 70. The van der Waals surface area contributed by atoms with E-state index in [4.69, 9.17) is 14.2 Å². The molecule has 0 bridgehead atoms. The first kappa shape index (κ1) is 91.4. The number of hydrogen-bond donors (Lipinski definition) is 0. The molecule has 0 heterocycles. The molecule has 0 aliphatic rings. The number of rotatable bonds is 82. The van der Waals surface area contributed by atoms with Crippen LogP contribution in [0.3, 0.4) is 0 Å². The summed E-state index contributed by atoms with van der Waals surface area (Å²) in [5.74, 6) is -1.05. The molecule has 0 aromatic rings. The molecular weight excluding hydrogens is 1140 g/mol. The summed E-state index contributed by atoms with van der Waals surface area (Å²) in [6, 6.07) is 0. The molecule has 6 nitrogen and oxygen atoms in total. The second-order valence-electron chi connectivity index (χ2n) is 30.4. The van der Waals surface area contributed by atoms with Gasteiger partial charge in [0.1, 0.15) is 13.2 Å². The monoisotopic (exact) mass is 1310 g/mol. The van der Waals surface area contributed by atoms with Crippen molar-refractivity contribution in [3.8, 4) is 0 Å². The molecule has 0 aromatic heterocycles. The lowest BCUT2D eigenvalue weighted by Crippen LogP contribution is -2.32. The Balaban J connectivity index is 4.32. The van der Waals surface area contributed by atoms with Crippen LogP contribution in [0.15, 0.2) is 0 Å². The normalized spacial score (nSPS) is 12.0. The van der Waals surface area contributed by atoms with E-state index < -0.39 is 6.10 Å². The smallest absolute Gasteiger partial charge is 0.309 e. The summed E-state index contributed by atoms with van der Waals surface area (Å²) in [4.78, 5) is 39.2. The summed E-state index contributed by atoms with van der Waals surface area (Å²) in [6.07, 6.45) is 100.0. The average Bonchev–Trinajstić information content (AvgIpc) is 3.78. The van der Waals surface area contributed by atoms with Crippen LogP contribution in [0.25, 0.3) is 0 Å². The van der Waals surface area contributed by atoms with Gasteiger partial charge in [-0.3, -0.25) is 14.4 Å². The van der Waals surface area contributed by atoms with Gasteiger partial charge >= 0.3 is 17.9 Å². The second-order valence-corrected chi connectivity index (χ2v) is 30.4. The van der Waals surface area contributed by atoms with Gasteiger partial charge < -0.3 is 14.2 Å². The number of esters is 3. The molecule has 0 amide bonds. The molecule has 554 valence electrons. The highest BCUT2D eigenvalue weighted by molar-refractivity contribution is 5.72. The summed E-state index contributed by atoms with van der Waals surface area (Å²) < 4.78 is 17.3. The van der Waals surface area contributed by atoms with E-state index in [1.807, 2.05) is 6.92 Å². The zero-order valence-electron chi connectivity index (χ0n) is 64.3. The molecule has 0 radical (unpaired) electrons. The summed E-state index contributed by atoms with van der Waals surface area (Å²) in [5.41, 5.74) is 0. The molecule has 0 spiro atoms. The summed E-state index contributed by atoms with van der Waals surface area (Å²) >= 11 is 0. The van der Waals surface area contributed by atoms with Gasteiger partial charge in [-0.2, -0.15) is 0 Å². The highest BCUT2D eigenvalue weighted by Gasteiger charge is 2.23. The maximum absolute atomic E-state index is 13.4. The fourth-order valence-corrected chi connectivity index (χ4v) is 14.1. The SMILES string of the molecule is CCCCCCCCCCCCCCCCCCCCCCCCCCCC(=O)OCC(COC(=O)CCCCCCCCCCCCCCCCCCCCCCCCCCC)OC(=O)C(C)CCCCCCCCCCCCCCCCCCCCCCCCC. The third-order valence-corrected chi connectivity index (χ3v) is 20.8. The Morgan fingerprint density at radius 1 is 0.215 bits per heavy atom. The van der Waals surface area contributed by atoms with Crippen LogP contribution in [0, 0.1) is 5.92 Å². The molecule has 0 aromatic carbocycles. The van der Waals surface area contributed by atoms with Gasteiger partial charge in [-0.05, 0) is 19.3 Å². The molecule has 0 aliphatic carbocycles. The quantitative estimate of drug-likeness (QED) is 0.0343. The van der Waals surface area contributed by atoms with Crippen molar-refractivity contribution < 1.29 is 28.6 Å². The first-order valence-corrected chi connectivity index (χ1v) is 43.5. The number of carbonyl (C=O) groups is 3. The van der Waals surface area contributed by atoms with Gasteiger partial charge in [-0.15, -0.1) is 0 Å². The van der Waals surface area contributed by atoms with Gasteiger partial charge in [0.05, 0.1) is 5.92 Å². The van der Waals surface area contributed by atoms with Crippen LogP contribution in [-0.4, -0.2) is 37.2 Å². The largest absolute Gasteiger partial charge is 0.462 e. The van der Waals surface area contributed by atoms with E-state index in [0.717, 1.165) is 57.8 Å². The lowest BCUT2D eigenvalue weighted by Gasteiger charge is -2.20. The Morgan fingerprint density at radius 2 is 0.366 bits per heavy atom. The van der Waals surface area contributed by atoms with Crippen LogP contribution < -0.4 is 0 Å². The molecule has 93 heavy (non-hydrogen) atoms. The van der Waals surface area contributed by atoms with Crippen LogP contribution in [0.2, 0.25) is 0 Å². The fourth-order valence-electron chi connectivity index (χ4n) is 14.1. The van der Waals surface area contributed by atoms with Crippen molar-refractivity contribution in [1.29, 1.82) is 0 Å². The minimum atomic E-state index is -0.782. The number of hydrogen-bond acceptors (Lipinski definition) is 6. The Bertz CT molecular complexity index is 1360. The van der Waals surface area contributed by atoms with E-state index in [9.17, 15) is 14.4 Å². The van der Waals surface area contributed by atoms with E-state index in [1.54, 1.807) is 0 Å². The number of carbonyl (C=O) groups excluding carboxylic acids is 3. The first-order valence-electron chi connectivity index (χ1n) is 43.5. The molecule has 0 rings (SSSR count). The molecule has 0 N–H and O–H groups in total. The Morgan fingerprint density at radius 3 is 0.538 bits per heavy atom. The third-order valence-electron chi connectivity index (χ3n) is 20.8. The molecule has 0 fully saturated rings. The van der Waals surface area contributed by atoms with Gasteiger partial charge in [0.15, 0.2) is 6.10 Å². The van der Waals surface area contributed by atoms with Crippen molar-refractivity contribution in [2.45, 2.75) is 522 Å². The van der Waals surface area contributed by atoms with Gasteiger partial charge in [0.2, 0.25) is 0 Å².